The Kier molecular flexibility index (Phi) is 4.86. The summed E-state index contributed by atoms with van der Waals surface area (Å²) in [4.78, 5) is 13.2. The number of likely N-dealkylation sites (tertiary alicyclic amines) is 1. The fraction of sp³-hybridized carbons (Fsp3) is 0.889. The largest absolute Gasteiger partial charge is 0.380 e. The number of hydrazine groups is 1. The number of nitrogens with two attached hydrogens (primary N) is 1. The number of ether oxygens (including phenoxy) is 1. The Labute approximate surface area is 84.5 Å². The van der Waals surface area contributed by atoms with E-state index in [4.69, 9.17) is 10.6 Å². The molecule has 0 aromatic heterocycles. The number of nitrogens with zero attached hydrogens (tertiary/aromatic N) is 1. The van der Waals surface area contributed by atoms with E-state index in [-0.39, 0.29) is 5.91 Å². The van der Waals surface area contributed by atoms with Gasteiger partial charge in [-0.05, 0) is 19.4 Å². The smallest absolute Gasteiger partial charge is 0.235 e. The summed E-state index contributed by atoms with van der Waals surface area (Å²) in [7, 11) is 1.74. The topological polar surface area (TPSA) is 67.6 Å². The lowest BCUT2D eigenvalue weighted by Gasteiger charge is -2.31. The molecule has 1 heterocycles. The standard InChI is InChI=1S/C9H19N3O2/c1-14-8-3-2-5-12(7-8)6-4-9(13)11-10/h8H,2-7,10H2,1H3,(H,11,13). The molecule has 1 aliphatic heterocycles. The van der Waals surface area contributed by atoms with Gasteiger partial charge in [0.15, 0.2) is 0 Å². The quantitative estimate of drug-likeness (QED) is 0.365. The number of hydrogen-bond donors (Lipinski definition) is 2. The van der Waals surface area contributed by atoms with Crippen molar-refractivity contribution in [2.45, 2.75) is 25.4 Å². The average Bonchev–Trinajstić information content (AvgIpc) is 2.26. The van der Waals surface area contributed by atoms with Crippen LogP contribution in [0.4, 0.5) is 0 Å². The molecule has 1 saturated heterocycles. The lowest BCUT2D eigenvalue weighted by molar-refractivity contribution is -0.121. The number of methoxy groups -OCH3 is 1. The van der Waals surface area contributed by atoms with Crippen molar-refractivity contribution in [1.82, 2.24) is 10.3 Å². The van der Waals surface area contributed by atoms with Crippen molar-refractivity contribution in [1.29, 1.82) is 0 Å². The van der Waals surface area contributed by atoms with Crippen LogP contribution in [-0.4, -0.2) is 43.7 Å². The Morgan fingerprint density at radius 3 is 3.14 bits per heavy atom. The van der Waals surface area contributed by atoms with Crippen molar-refractivity contribution in [2.24, 2.45) is 5.84 Å². The summed E-state index contributed by atoms with van der Waals surface area (Å²) in [6, 6.07) is 0. The molecule has 0 aliphatic carbocycles. The molecule has 0 aromatic carbocycles. The van der Waals surface area contributed by atoms with E-state index in [1.807, 2.05) is 0 Å². The van der Waals surface area contributed by atoms with Crippen LogP contribution in [0.1, 0.15) is 19.3 Å². The van der Waals surface area contributed by atoms with Gasteiger partial charge in [0, 0.05) is 26.6 Å². The van der Waals surface area contributed by atoms with Crippen LogP contribution in [0.25, 0.3) is 0 Å². The van der Waals surface area contributed by atoms with Gasteiger partial charge in [-0.15, -0.1) is 0 Å². The van der Waals surface area contributed by atoms with Gasteiger partial charge < -0.3 is 9.64 Å². The number of nitrogens with one attached hydrogen (secondary N) is 1. The SMILES string of the molecule is COC1CCCN(CCC(=O)NN)C1. The van der Waals surface area contributed by atoms with Crippen molar-refractivity contribution in [3.8, 4) is 0 Å². The Hall–Kier alpha value is -0.650. The Morgan fingerprint density at radius 2 is 2.50 bits per heavy atom. The zero-order valence-electron chi connectivity index (χ0n) is 8.66. The van der Waals surface area contributed by atoms with Crippen LogP contribution in [0.5, 0.6) is 0 Å². The maximum atomic E-state index is 10.9. The lowest BCUT2D eigenvalue weighted by atomic mass is 10.1. The molecule has 82 valence electrons. The van der Waals surface area contributed by atoms with E-state index in [1.165, 1.54) is 0 Å². The van der Waals surface area contributed by atoms with E-state index in [2.05, 4.69) is 10.3 Å². The molecule has 1 unspecified atom stereocenters. The van der Waals surface area contributed by atoms with Gasteiger partial charge in [-0.2, -0.15) is 0 Å². The second kappa shape index (κ2) is 5.95. The van der Waals surface area contributed by atoms with E-state index in [9.17, 15) is 4.79 Å². The fourth-order valence-electron chi connectivity index (χ4n) is 1.74. The van der Waals surface area contributed by atoms with Crippen LogP contribution in [0.3, 0.4) is 0 Å². The normalized spacial score (nSPS) is 23.4. The third kappa shape index (κ3) is 3.61. The van der Waals surface area contributed by atoms with Crippen LogP contribution in [0.2, 0.25) is 0 Å². The van der Waals surface area contributed by atoms with Crippen molar-refractivity contribution < 1.29 is 9.53 Å². The van der Waals surface area contributed by atoms with Crippen LogP contribution >= 0.6 is 0 Å². The molecule has 0 radical (unpaired) electrons. The number of carbonyl (C=O) groups is 1. The summed E-state index contributed by atoms with van der Waals surface area (Å²) in [5.74, 6) is 4.89. The van der Waals surface area contributed by atoms with Gasteiger partial charge >= 0.3 is 0 Å². The molecule has 1 amide bonds. The molecule has 1 rings (SSSR count). The highest BCUT2D eigenvalue weighted by atomic mass is 16.5. The highest BCUT2D eigenvalue weighted by Gasteiger charge is 2.19. The Bertz CT molecular complexity index is 187. The first kappa shape index (κ1) is 11.4. The monoisotopic (exact) mass is 201 g/mol. The molecule has 5 nitrogen and oxygen atoms in total. The van der Waals surface area contributed by atoms with Gasteiger partial charge in [0.25, 0.3) is 0 Å². The van der Waals surface area contributed by atoms with Gasteiger partial charge in [0.05, 0.1) is 6.10 Å². The number of hydrogen-bond acceptors (Lipinski definition) is 4. The molecule has 14 heavy (non-hydrogen) atoms. The first-order chi connectivity index (χ1) is 6.76. The average molecular weight is 201 g/mol. The number of piperidine rings is 1. The summed E-state index contributed by atoms with van der Waals surface area (Å²) in [6.07, 6.45) is 3.05. The van der Waals surface area contributed by atoms with Gasteiger partial charge in [0.2, 0.25) is 5.91 Å². The third-order valence-corrected chi connectivity index (χ3v) is 2.61. The van der Waals surface area contributed by atoms with Gasteiger partial charge in [-0.1, -0.05) is 0 Å². The zero-order valence-corrected chi connectivity index (χ0v) is 8.66. The van der Waals surface area contributed by atoms with Crippen molar-refractivity contribution >= 4 is 5.91 Å². The lowest BCUT2D eigenvalue weighted by Crippen LogP contribution is -2.41. The highest BCUT2D eigenvalue weighted by Crippen LogP contribution is 2.12. The maximum absolute atomic E-state index is 10.9. The Balaban J connectivity index is 2.20. The minimum Gasteiger partial charge on any atom is -0.380 e. The molecule has 3 N–H and O–H groups in total. The maximum Gasteiger partial charge on any atom is 0.235 e. The summed E-state index contributed by atoms with van der Waals surface area (Å²) >= 11 is 0. The molecule has 5 heteroatoms. The molecule has 0 saturated carbocycles. The molecule has 0 bridgehead atoms. The number of carbonyl (C=O) groups excluding carboxylic acids is 1. The van der Waals surface area contributed by atoms with Crippen LogP contribution < -0.4 is 11.3 Å². The first-order valence-electron chi connectivity index (χ1n) is 5.01. The zero-order chi connectivity index (χ0) is 10.4. The van der Waals surface area contributed by atoms with Gasteiger partial charge in [-0.25, -0.2) is 5.84 Å². The molecular formula is C9H19N3O2. The summed E-state index contributed by atoms with van der Waals surface area (Å²) in [5, 5.41) is 0. The molecule has 1 atom stereocenters. The van der Waals surface area contributed by atoms with Crippen LogP contribution in [0.15, 0.2) is 0 Å². The van der Waals surface area contributed by atoms with Gasteiger partial charge in [0.1, 0.15) is 0 Å². The minimum atomic E-state index is -0.107. The van der Waals surface area contributed by atoms with Crippen molar-refractivity contribution in [2.75, 3.05) is 26.7 Å². The number of rotatable bonds is 4. The molecule has 0 aromatic rings. The van der Waals surface area contributed by atoms with E-state index >= 15 is 0 Å². The van der Waals surface area contributed by atoms with E-state index in [0.29, 0.717) is 12.5 Å². The molecule has 1 fully saturated rings. The second-order valence-electron chi connectivity index (χ2n) is 3.62. The van der Waals surface area contributed by atoms with E-state index in [1.54, 1.807) is 7.11 Å². The highest BCUT2D eigenvalue weighted by molar-refractivity contribution is 5.75. The fourth-order valence-corrected chi connectivity index (χ4v) is 1.74. The van der Waals surface area contributed by atoms with Crippen molar-refractivity contribution in [3.05, 3.63) is 0 Å². The molecular weight excluding hydrogens is 182 g/mol. The summed E-state index contributed by atoms with van der Waals surface area (Å²) in [6.45, 7) is 2.74. The van der Waals surface area contributed by atoms with Crippen molar-refractivity contribution in [3.63, 3.8) is 0 Å². The molecule has 1 aliphatic rings. The first-order valence-corrected chi connectivity index (χ1v) is 5.01. The summed E-state index contributed by atoms with van der Waals surface area (Å²) in [5.41, 5.74) is 2.13. The van der Waals surface area contributed by atoms with Crippen LogP contribution in [-0.2, 0) is 9.53 Å². The minimum absolute atomic E-state index is 0.107. The summed E-state index contributed by atoms with van der Waals surface area (Å²) < 4.78 is 5.29. The molecule has 0 spiro atoms. The van der Waals surface area contributed by atoms with Crippen LogP contribution in [0, 0.1) is 0 Å². The second-order valence-corrected chi connectivity index (χ2v) is 3.62. The van der Waals surface area contributed by atoms with E-state index < -0.39 is 0 Å². The number of amides is 1. The third-order valence-electron chi connectivity index (χ3n) is 2.61. The predicted octanol–water partition coefficient (Wildman–Crippen LogP) is -0.523. The Morgan fingerprint density at radius 1 is 1.71 bits per heavy atom. The van der Waals surface area contributed by atoms with Gasteiger partial charge in [-0.3, -0.25) is 10.2 Å². The predicted molar refractivity (Wildman–Crippen MR) is 53.4 cm³/mol. The van der Waals surface area contributed by atoms with E-state index in [0.717, 1.165) is 32.5 Å².